The first kappa shape index (κ1) is 19.8. The zero-order valence-electron chi connectivity index (χ0n) is 17.0. The molecule has 0 aliphatic carbocycles. The molecule has 3 rings (SSSR count). The molecule has 148 valence electrons. The summed E-state index contributed by atoms with van der Waals surface area (Å²) in [5, 5.41) is 4.43. The van der Waals surface area contributed by atoms with E-state index in [-0.39, 0.29) is 11.8 Å². The molecular formula is C20H26N6O2. The van der Waals surface area contributed by atoms with E-state index in [1.807, 2.05) is 45.0 Å². The lowest BCUT2D eigenvalue weighted by Gasteiger charge is -2.20. The number of furan rings is 1. The summed E-state index contributed by atoms with van der Waals surface area (Å²) in [4.78, 5) is 25.7. The smallest absolute Gasteiger partial charge is 0.257 e. The van der Waals surface area contributed by atoms with E-state index >= 15 is 0 Å². The molecule has 0 radical (unpaired) electrons. The van der Waals surface area contributed by atoms with Gasteiger partial charge in [-0.3, -0.25) is 4.79 Å². The average molecular weight is 382 g/mol. The van der Waals surface area contributed by atoms with Crippen LogP contribution in [0.25, 0.3) is 17.4 Å². The highest BCUT2D eigenvalue weighted by molar-refractivity contribution is 5.95. The summed E-state index contributed by atoms with van der Waals surface area (Å²) >= 11 is 0. The van der Waals surface area contributed by atoms with Crippen LogP contribution in [0.1, 0.15) is 35.8 Å². The number of likely N-dealkylation sites (N-methyl/N-ethyl adjacent to an activating group) is 2. The number of nitrogens with zero attached hydrogens (tertiary/aromatic N) is 6. The zero-order valence-corrected chi connectivity index (χ0v) is 17.0. The van der Waals surface area contributed by atoms with Crippen molar-refractivity contribution in [1.82, 2.24) is 29.5 Å². The van der Waals surface area contributed by atoms with Crippen LogP contribution in [0.5, 0.6) is 0 Å². The van der Waals surface area contributed by atoms with Crippen molar-refractivity contribution in [2.45, 2.75) is 19.8 Å². The minimum Gasteiger partial charge on any atom is -0.463 e. The molecule has 3 aromatic rings. The van der Waals surface area contributed by atoms with Crippen molar-refractivity contribution in [3.8, 4) is 17.4 Å². The fraction of sp³-hybridized carbons (Fsp3) is 0.400. The number of amides is 1. The topological polar surface area (TPSA) is 80.3 Å². The summed E-state index contributed by atoms with van der Waals surface area (Å²) < 4.78 is 7.07. The third-order valence-corrected chi connectivity index (χ3v) is 4.42. The van der Waals surface area contributed by atoms with E-state index in [1.54, 1.807) is 41.4 Å². The lowest BCUT2D eigenvalue weighted by atomic mass is 10.1. The van der Waals surface area contributed by atoms with Crippen LogP contribution in [0.15, 0.2) is 41.3 Å². The monoisotopic (exact) mass is 382 g/mol. The molecule has 0 N–H and O–H groups in total. The highest BCUT2D eigenvalue weighted by atomic mass is 16.3. The van der Waals surface area contributed by atoms with Crippen molar-refractivity contribution in [2.75, 3.05) is 34.2 Å². The summed E-state index contributed by atoms with van der Waals surface area (Å²) in [7, 11) is 5.78. The standard InChI is InChI=1S/C20H26N6O2/c1-14(2)18-15(19(27)25(5)11-10-24(3)4)13-22-26(18)20-21-9-8-16(23-20)17-7-6-12-28-17/h6-9,12-14H,10-11H2,1-5H3. The lowest BCUT2D eigenvalue weighted by Crippen LogP contribution is -2.34. The quantitative estimate of drug-likeness (QED) is 0.625. The van der Waals surface area contributed by atoms with Gasteiger partial charge in [-0.15, -0.1) is 0 Å². The molecule has 3 aromatic heterocycles. The maximum absolute atomic E-state index is 13.0. The van der Waals surface area contributed by atoms with Crippen LogP contribution >= 0.6 is 0 Å². The van der Waals surface area contributed by atoms with Crippen molar-refractivity contribution in [2.24, 2.45) is 0 Å². The summed E-state index contributed by atoms with van der Waals surface area (Å²) in [6.07, 6.45) is 4.87. The maximum Gasteiger partial charge on any atom is 0.257 e. The second-order valence-corrected chi connectivity index (χ2v) is 7.26. The first-order valence-electron chi connectivity index (χ1n) is 9.24. The Morgan fingerprint density at radius 2 is 2.00 bits per heavy atom. The van der Waals surface area contributed by atoms with Crippen molar-refractivity contribution in [3.05, 3.63) is 48.1 Å². The van der Waals surface area contributed by atoms with Crippen LogP contribution in [-0.2, 0) is 0 Å². The Bertz CT molecular complexity index is 930. The highest BCUT2D eigenvalue weighted by Gasteiger charge is 2.24. The van der Waals surface area contributed by atoms with E-state index in [0.717, 1.165) is 12.2 Å². The SMILES string of the molecule is CC(C)c1c(C(=O)N(C)CCN(C)C)cnn1-c1nccc(-c2ccco2)n1. The van der Waals surface area contributed by atoms with Gasteiger partial charge in [-0.1, -0.05) is 13.8 Å². The van der Waals surface area contributed by atoms with Gasteiger partial charge < -0.3 is 14.2 Å². The fourth-order valence-corrected chi connectivity index (χ4v) is 2.91. The Morgan fingerprint density at radius 3 is 2.64 bits per heavy atom. The molecule has 0 saturated carbocycles. The molecule has 8 nitrogen and oxygen atoms in total. The van der Waals surface area contributed by atoms with Crippen LogP contribution < -0.4 is 0 Å². The van der Waals surface area contributed by atoms with Gasteiger partial charge in [0.1, 0.15) is 5.69 Å². The van der Waals surface area contributed by atoms with Gasteiger partial charge in [-0.25, -0.2) is 14.6 Å². The van der Waals surface area contributed by atoms with Crippen molar-refractivity contribution < 1.29 is 9.21 Å². The molecule has 1 amide bonds. The predicted octanol–water partition coefficient (Wildman–Crippen LogP) is 2.68. The van der Waals surface area contributed by atoms with E-state index in [1.165, 1.54) is 0 Å². The van der Waals surface area contributed by atoms with E-state index < -0.39 is 0 Å². The van der Waals surface area contributed by atoms with E-state index in [9.17, 15) is 4.79 Å². The van der Waals surface area contributed by atoms with Gasteiger partial charge in [0, 0.05) is 26.3 Å². The van der Waals surface area contributed by atoms with Crippen LogP contribution in [-0.4, -0.2) is 69.7 Å². The number of carbonyl (C=O) groups is 1. The number of hydrogen-bond acceptors (Lipinski definition) is 6. The molecule has 0 aliphatic heterocycles. The van der Waals surface area contributed by atoms with Crippen LogP contribution in [0.4, 0.5) is 0 Å². The zero-order chi connectivity index (χ0) is 20.3. The molecule has 0 aromatic carbocycles. The molecule has 0 fully saturated rings. The van der Waals surface area contributed by atoms with Crippen LogP contribution in [0.3, 0.4) is 0 Å². The van der Waals surface area contributed by atoms with E-state index in [2.05, 4.69) is 15.1 Å². The minimum atomic E-state index is -0.0565. The van der Waals surface area contributed by atoms with Gasteiger partial charge in [0.2, 0.25) is 0 Å². The van der Waals surface area contributed by atoms with Gasteiger partial charge in [0.15, 0.2) is 5.76 Å². The molecule has 0 aliphatic rings. The van der Waals surface area contributed by atoms with Gasteiger partial charge in [-0.05, 0) is 38.2 Å². The largest absolute Gasteiger partial charge is 0.463 e. The van der Waals surface area contributed by atoms with Crippen LogP contribution in [0.2, 0.25) is 0 Å². The molecule has 0 saturated heterocycles. The number of hydrogen-bond donors (Lipinski definition) is 0. The Morgan fingerprint density at radius 1 is 1.21 bits per heavy atom. The minimum absolute atomic E-state index is 0.0565. The Hall–Kier alpha value is -3.00. The van der Waals surface area contributed by atoms with Gasteiger partial charge >= 0.3 is 0 Å². The molecule has 0 unspecified atom stereocenters. The van der Waals surface area contributed by atoms with Gasteiger partial charge in [0.05, 0.1) is 23.7 Å². The van der Waals surface area contributed by atoms with Crippen molar-refractivity contribution in [3.63, 3.8) is 0 Å². The number of rotatable bonds is 7. The summed E-state index contributed by atoms with van der Waals surface area (Å²) in [5.74, 6) is 1.08. The molecule has 0 bridgehead atoms. The third kappa shape index (κ3) is 4.12. The fourth-order valence-electron chi connectivity index (χ4n) is 2.91. The first-order valence-corrected chi connectivity index (χ1v) is 9.24. The van der Waals surface area contributed by atoms with Crippen molar-refractivity contribution >= 4 is 5.91 Å². The van der Waals surface area contributed by atoms with Crippen LogP contribution in [0, 0.1) is 0 Å². The first-order chi connectivity index (χ1) is 13.4. The molecule has 0 atom stereocenters. The Kier molecular flexibility index (Phi) is 5.89. The summed E-state index contributed by atoms with van der Waals surface area (Å²) in [6.45, 7) is 5.49. The molecule has 8 heteroatoms. The lowest BCUT2D eigenvalue weighted by molar-refractivity contribution is 0.0784. The second kappa shape index (κ2) is 8.35. The Labute approximate surface area is 164 Å². The Balaban J connectivity index is 1.96. The third-order valence-electron chi connectivity index (χ3n) is 4.42. The summed E-state index contributed by atoms with van der Waals surface area (Å²) in [5.41, 5.74) is 2.03. The average Bonchev–Trinajstić information content (AvgIpc) is 3.35. The van der Waals surface area contributed by atoms with E-state index in [0.29, 0.717) is 29.5 Å². The molecule has 0 spiro atoms. The molecule has 3 heterocycles. The molecule has 28 heavy (non-hydrogen) atoms. The van der Waals surface area contributed by atoms with Gasteiger partial charge in [0.25, 0.3) is 11.9 Å². The predicted molar refractivity (Wildman–Crippen MR) is 106 cm³/mol. The number of carbonyl (C=O) groups excluding carboxylic acids is 1. The van der Waals surface area contributed by atoms with Gasteiger partial charge in [-0.2, -0.15) is 5.10 Å². The second-order valence-electron chi connectivity index (χ2n) is 7.26. The normalized spacial score (nSPS) is 11.4. The number of aromatic nitrogens is 4. The van der Waals surface area contributed by atoms with Crippen molar-refractivity contribution in [1.29, 1.82) is 0 Å². The highest BCUT2D eigenvalue weighted by Crippen LogP contribution is 2.24. The van der Waals surface area contributed by atoms with E-state index in [4.69, 9.17) is 4.42 Å². The maximum atomic E-state index is 13.0. The molecular weight excluding hydrogens is 356 g/mol. The summed E-state index contributed by atoms with van der Waals surface area (Å²) in [6, 6.07) is 5.43.